The highest BCUT2D eigenvalue weighted by molar-refractivity contribution is 5.87. The number of aromatic nitrogens is 3. The quantitative estimate of drug-likeness (QED) is 0.391. The van der Waals surface area contributed by atoms with E-state index in [2.05, 4.69) is 10.1 Å². The van der Waals surface area contributed by atoms with E-state index in [1.807, 2.05) is 37.3 Å². The highest BCUT2D eigenvalue weighted by Gasteiger charge is 2.12. The van der Waals surface area contributed by atoms with Crippen LogP contribution in [0.1, 0.15) is 5.56 Å². The molecule has 29 heavy (non-hydrogen) atoms. The van der Waals surface area contributed by atoms with E-state index in [-0.39, 0.29) is 17.1 Å². The predicted molar refractivity (Wildman–Crippen MR) is 109 cm³/mol. The van der Waals surface area contributed by atoms with Crippen LogP contribution >= 0.6 is 0 Å². The van der Waals surface area contributed by atoms with Crippen LogP contribution in [-0.4, -0.2) is 26.8 Å². The van der Waals surface area contributed by atoms with E-state index in [0.717, 1.165) is 33.3 Å². The Morgan fingerprint density at radius 1 is 1.10 bits per heavy atom. The largest absolute Gasteiger partial charge is 0.496 e. The Morgan fingerprint density at radius 3 is 2.62 bits per heavy atom. The molecule has 144 valence electrons. The second-order valence-electron chi connectivity index (χ2n) is 6.43. The molecule has 0 radical (unpaired) electrons. The van der Waals surface area contributed by atoms with Crippen molar-refractivity contribution in [2.75, 3.05) is 7.11 Å². The van der Waals surface area contributed by atoms with Crippen molar-refractivity contribution >= 4 is 16.5 Å². The maximum Gasteiger partial charge on any atom is 0.287 e. The minimum absolute atomic E-state index is 0.152. The van der Waals surface area contributed by atoms with Crippen LogP contribution in [0.25, 0.3) is 27.7 Å². The van der Waals surface area contributed by atoms with E-state index in [1.165, 1.54) is 12.1 Å². The Kier molecular flexibility index (Phi) is 4.52. The molecule has 0 atom stereocenters. The molecule has 2 aromatic carbocycles. The van der Waals surface area contributed by atoms with Crippen molar-refractivity contribution in [2.45, 2.75) is 6.92 Å². The third-order valence-corrected chi connectivity index (χ3v) is 4.76. The fourth-order valence-electron chi connectivity index (χ4n) is 3.24. The number of fused-ring (bicyclic) bond motifs is 1. The highest BCUT2D eigenvalue weighted by Crippen LogP contribution is 2.31. The molecular formula is C21H16N4O4. The van der Waals surface area contributed by atoms with Crippen molar-refractivity contribution < 1.29 is 9.66 Å². The zero-order valence-corrected chi connectivity index (χ0v) is 15.7. The van der Waals surface area contributed by atoms with Crippen LogP contribution < -0.4 is 10.3 Å². The summed E-state index contributed by atoms with van der Waals surface area (Å²) in [5, 5.41) is 16.1. The summed E-state index contributed by atoms with van der Waals surface area (Å²) in [5.74, 6) is 1.01. The third kappa shape index (κ3) is 3.20. The summed E-state index contributed by atoms with van der Waals surface area (Å²) < 4.78 is 6.51. The average Bonchev–Trinajstić information content (AvgIpc) is 2.74. The molecule has 0 spiro atoms. The summed E-state index contributed by atoms with van der Waals surface area (Å²) in [7, 11) is 1.63. The molecule has 8 nitrogen and oxygen atoms in total. The van der Waals surface area contributed by atoms with Gasteiger partial charge in [-0.2, -0.15) is 9.78 Å². The number of benzene rings is 2. The topological polar surface area (TPSA) is 100 Å². The van der Waals surface area contributed by atoms with E-state index in [9.17, 15) is 14.9 Å². The normalized spacial score (nSPS) is 10.8. The van der Waals surface area contributed by atoms with Gasteiger partial charge in [-0.05, 0) is 47.9 Å². The number of hydrogen-bond acceptors (Lipinski definition) is 6. The van der Waals surface area contributed by atoms with Crippen LogP contribution in [0, 0.1) is 17.0 Å². The van der Waals surface area contributed by atoms with E-state index in [1.54, 1.807) is 19.4 Å². The maximum atomic E-state index is 12.9. The van der Waals surface area contributed by atoms with Gasteiger partial charge in [0, 0.05) is 11.5 Å². The molecule has 0 aliphatic heterocycles. The monoisotopic (exact) mass is 388 g/mol. The lowest BCUT2D eigenvalue weighted by Gasteiger charge is -2.11. The van der Waals surface area contributed by atoms with Gasteiger partial charge in [-0.25, -0.2) is 4.98 Å². The minimum atomic E-state index is -0.546. The smallest absolute Gasteiger partial charge is 0.287 e. The highest BCUT2D eigenvalue weighted by atomic mass is 16.6. The van der Waals surface area contributed by atoms with Gasteiger partial charge >= 0.3 is 0 Å². The number of nitro groups is 1. The van der Waals surface area contributed by atoms with Crippen molar-refractivity contribution in [3.05, 3.63) is 87.0 Å². The molecule has 2 aromatic heterocycles. The van der Waals surface area contributed by atoms with Crippen LogP contribution in [-0.2, 0) is 0 Å². The molecule has 4 aromatic rings. The van der Waals surface area contributed by atoms with Crippen molar-refractivity contribution in [3.63, 3.8) is 0 Å². The lowest BCUT2D eigenvalue weighted by molar-refractivity contribution is -0.385. The molecule has 0 amide bonds. The van der Waals surface area contributed by atoms with Gasteiger partial charge in [-0.3, -0.25) is 14.9 Å². The molecule has 0 N–H and O–H groups in total. The molecular weight excluding hydrogens is 372 g/mol. The van der Waals surface area contributed by atoms with Crippen LogP contribution in [0.3, 0.4) is 0 Å². The van der Waals surface area contributed by atoms with Gasteiger partial charge in [0.05, 0.1) is 23.6 Å². The lowest BCUT2D eigenvalue weighted by Crippen LogP contribution is -2.21. The van der Waals surface area contributed by atoms with E-state index >= 15 is 0 Å². The molecule has 0 saturated carbocycles. The van der Waals surface area contributed by atoms with E-state index < -0.39 is 4.92 Å². The van der Waals surface area contributed by atoms with Crippen LogP contribution in [0.15, 0.2) is 65.7 Å². The Balaban J connectivity index is 1.80. The summed E-state index contributed by atoms with van der Waals surface area (Å²) in [5.41, 5.74) is 2.46. The van der Waals surface area contributed by atoms with E-state index in [4.69, 9.17) is 4.74 Å². The first-order chi connectivity index (χ1) is 14.0. The second-order valence-corrected chi connectivity index (χ2v) is 6.43. The fraction of sp³-hybridized carbons (Fsp3) is 0.0952. The standard InChI is InChI=1S/C21H16N4O4/c1-13-17(4-3-5-19(13)29-2)14-6-8-18-15(10-14)11-23-24(21(18)26)20-9-7-16(12-22-20)25(27)28/h3-12H,1-2H3. The van der Waals surface area contributed by atoms with Crippen molar-refractivity contribution in [1.29, 1.82) is 0 Å². The van der Waals surface area contributed by atoms with Gasteiger partial charge in [0.15, 0.2) is 5.82 Å². The van der Waals surface area contributed by atoms with Crippen LogP contribution in [0.4, 0.5) is 5.69 Å². The van der Waals surface area contributed by atoms with Crippen molar-refractivity contribution in [1.82, 2.24) is 14.8 Å². The average molecular weight is 388 g/mol. The SMILES string of the molecule is COc1cccc(-c2ccc3c(=O)n(-c4ccc([N+](=O)[O-])cn4)ncc3c2)c1C. The minimum Gasteiger partial charge on any atom is -0.496 e. The van der Waals surface area contributed by atoms with Crippen LogP contribution in [0.5, 0.6) is 5.75 Å². The van der Waals surface area contributed by atoms with Gasteiger partial charge in [0.1, 0.15) is 11.9 Å². The number of methoxy groups -OCH3 is 1. The predicted octanol–water partition coefficient (Wildman–Crippen LogP) is 3.67. The third-order valence-electron chi connectivity index (χ3n) is 4.76. The van der Waals surface area contributed by atoms with Gasteiger partial charge in [0.25, 0.3) is 11.2 Å². The Labute approximate surface area is 165 Å². The molecule has 8 heteroatoms. The zero-order chi connectivity index (χ0) is 20.5. The van der Waals surface area contributed by atoms with Gasteiger partial charge in [-0.15, -0.1) is 0 Å². The van der Waals surface area contributed by atoms with Gasteiger partial charge in [-0.1, -0.05) is 18.2 Å². The first kappa shape index (κ1) is 18.3. The summed E-state index contributed by atoms with van der Waals surface area (Å²) in [4.78, 5) is 27.1. The lowest BCUT2D eigenvalue weighted by atomic mass is 9.98. The first-order valence-electron chi connectivity index (χ1n) is 8.76. The molecule has 0 fully saturated rings. The van der Waals surface area contributed by atoms with E-state index in [0.29, 0.717) is 10.8 Å². The van der Waals surface area contributed by atoms with Gasteiger partial charge < -0.3 is 4.74 Å². The molecule has 0 saturated heterocycles. The maximum absolute atomic E-state index is 12.9. The Morgan fingerprint density at radius 2 is 1.93 bits per heavy atom. The number of nitrogens with zero attached hydrogens (tertiary/aromatic N) is 4. The fourth-order valence-corrected chi connectivity index (χ4v) is 3.24. The first-order valence-corrected chi connectivity index (χ1v) is 8.76. The molecule has 2 heterocycles. The molecule has 0 aliphatic carbocycles. The summed E-state index contributed by atoms with van der Waals surface area (Å²) in [6, 6.07) is 14.0. The van der Waals surface area contributed by atoms with Crippen LogP contribution in [0.2, 0.25) is 0 Å². The Bertz CT molecular complexity index is 1300. The molecule has 0 unspecified atom stereocenters. The number of ether oxygens (including phenoxy) is 1. The number of hydrogen-bond donors (Lipinski definition) is 0. The molecule has 0 aliphatic rings. The van der Waals surface area contributed by atoms with Gasteiger partial charge in [0.2, 0.25) is 0 Å². The number of pyridine rings is 1. The Hall–Kier alpha value is -4.07. The zero-order valence-electron chi connectivity index (χ0n) is 15.7. The molecule has 0 bridgehead atoms. The summed E-state index contributed by atoms with van der Waals surface area (Å²) in [6.45, 7) is 1.98. The summed E-state index contributed by atoms with van der Waals surface area (Å²) >= 11 is 0. The molecule has 4 rings (SSSR count). The number of rotatable bonds is 4. The summed E-state index contributed by atoms with van der Waals surface area (Å²) in [6.07, 6.45) is 2.68. The van der Waals surface area contributed by atoms with Crippen molar-refractivity contribution in [3.8, 4) is 22.7 Å². The van der Waals surface area contributed by atoms with Crippen molar-refractivity contribution in [2.24, 2.45) is 0 Å². The second kappa shape index (κ2) is 7.16.